The third-order valence-corrected chi connectivity index (χ3v) is 3.24. The van der Waals surface area contributed by atoms with Gasteiger partial charge in [-0.3, -0.25) is 0 Å². The second-order valence-corrected chi connectivity index (χ2v) is 4.57. The molecule has 1 aromatic carbocycles. The molecule has 0 atom stereocenters. The van der Waals surface area contributed by atoms with Crippen LogP contribution in [0.4, 0.5) is 11.8 Å². The fourth-order valence-electron chi connectivity index (χ4n) is 2.27. The Hall–Kier alpha value is -2.14. The Bertz CT molecular complexity index is 549. The van der Waals surface area contributed by atoms with Crippen LogP contribution in [0.5, 0.6) is 0 Å². The van der Waals surface area contributed by atoms with Gasteiger partial charge in [-0.2, -0.15) is 4.98 Å². The van der Waals surface area contributed by atoms with Crippen molar-refractivity contribution in [2.24, 2.45) is 0 Å². The highest BCUT2D eigenvalue weighted by Gasteiger charge is 2.14. The first-order valence-electron chi connectivity index (χ1n) is 6.48. The van der Waals surface area contributed by atoms with E-state index in [1.807, 2.05) is 36.4 Å². The lowest BCUT2D eigenvalue weighted by Gasteiger charge is -2.28. The molecule has 98 valence electrons. The predicted octanol–water partition coefficient (Wildman–Crippen LogP) is 1.14. The van der Waals surface area contributed by atoms with Crippen molar-refractivity contribution in [2.75, 3.05) is 36.8 Å². The van der Waals surface area contributed by atoms with E-state index >= 15 is 0 Å². The molecule has 5 nitrogen and oxygen atoms in total. The molecule has 3 rings (SSSR count). The van der Waals surface area contributed by atoms with Gasteiger partial charge in [0.2, 0.25) is 5.95 Å². The Labute approximate surface area is 112 Å². The van der Waals surface area contributed by atoms with Gasteiger partial charge < -0.3 is 16.0 Å². The van der Waals surface area contributed by atoms with E-state index in [1.165, 1.54) is 0 Å². The minimum Gasteiger partial charge on any atom is -0.368 e. The summed E-state index contributed by atoms with van der Waals surface area (Å²) < 4.78 is 0. The second kappa shape index (κ2) is 5.24. The van der Waals surface area contributed by atoms with Crippen molar-refractivity contribution in [3.8, 4) is 11.3 Å². The molecule has 0 spiro atoms. The molecule has 1 fully saturated rings. The van der Waals surface area contributed by atoms with Crippen LogP contribution in [0.2, 0.25) is 0 Å². The number of nitrogens with two attached hydrogens (primary N) is 1. The zero-order chi connectivity index (χ0) is 13.1. The SMILES string of the molecule is Nc1nc(-c2ccccc2)cc(N2CCNCC2)n1. The van der Waals surface area contributed by atoms with Crippen molar-refractivity contribution in [3.63, 3.8) is 0 Å². The number of aromatic nitrogens is 2. The lowest BCUT2D eigenvalue weighted by Crippen LogP contribution is -2.44. The molecule has 2 heterocycles. The molecule has 0 radical (unpaired) electrons. The quantitative estimate of drug-likeness (QED) is 0.842. The maximum atomic E-state index is 5.84. The van der Waals surface area contributed by atoms with Gasteiger partial charge in [0.05, 0.1) is 5.69 Å². The second-order valence-electron chi connectivity index (χ2n) is 4.57. The highest BCUT2D eigenvalue weighted by Crippen LogP contribution is 2.22. The topological polar surface area (TPSA) is 67.1 Å². The van der Waals surface area contributed by atoms with E-state index in [0.717, 1.165) is 43.3 Å². The fourth-order valence-corrected chi connectivity index (χ4v) is 2.27. The van der Waals surface area contributed by atoms with E-state index in [4.69, 9.17) is 5.73 Å². The van der Waals surface area contributed by atoms with Crippen LogP contribution in [0.25, 0.3) is 11.3 Å². The summed E-state index contributed by atoms with van der Waals surface area (Å²) in [4.78, 5) is 10.9. The molecule has 0 aliphatic carbocycles. The van der Waals surface area contributed by atoms with E-state index in [1.54, 1.807) is 0 Å². The monoisotopic (exact) mass is 255 g/mol. The third-order valence-electron chi connectivity index (χ3n) is 3.24. The summed E-state index contributed by atoms with van der Waals surface area (Å²) in [5.41, 5.74) is 7.78. The molecule has 0 amide bonds. The Morgan fingerprint density at radius 3 is 2.53 bits per heavy atom. The first-order chi connectivity index (χ1) is 9.33. The van der Waals surface area contributed by atoms with Crippen molar-refractivity contribution < 1.29 is 0 Å². The Morgan fingerprint density at radius 2 is 1.79 bits per heavy atom. The van der Waals surface area contributed by atoms with Crippen molar-refractivity contribution in [3.05, 3.63) is 36.4 Å². The number of nitrogen functional groups attached to an aromatic ring is 1. The molecule has 19 heavy (non-hydrogen) atoms. The van der Waals surface area contributed by atoms with Gasteiger partial charge in [0.1, 0.15) is 5.82 Å². The molecule has 1 aliphatic heterocycles. The fraction of sp³-hybridized carbons (Fsp3) is 0.286. The number of nitrogens with zero attached hydrogens (tertiary/aromatic N) is 3. The molecule has 1 aromatic heterocycles. The van der Waals surface area contributed by atoms with Crippen molar-refractivity contribution >= 4 is 11.8 Å². The maximum Gasteiger partial charge on any atom is 0.222 e. The van der Waals surface area contributed by atoms with Crippen molar-refractivity contribution in [2.45, 2.75) is 0 Å². The smallest absolute Gasteiger partial charge is 0.222 e. The van der Waals surface area contributed by atoms with Gasteiger partial charge in [-0.25, -0.2) is 4.98 Å². The molecule has 3 N–H and O–H groups in total. The molecular formula is C14H17N5. The standard InChI is InChI=1S/C14H17N5/c15-14-17-12(11-4-2-1-3-5-11)10-13(18-14)19-8-6-16-7-9-19/h1-5,10,16H,6-9H2,(H2,15,17,18). The van der Waals surface area contributed by atoms with Gasteiger partial charge >= 0.3 is 0 Å². The summed E-state index contributed by atoms with van der Waals surface area (Å²) >= 11 is 0. The lowest BCUT2D eigenvalue weighted by atomic mass is 10.1. The molecule has 0 unspecified atom stereocenters. The minimum absolute atomic E-state index is 0.329. The molecule has 1 saturated heterocycles. The number of anilines is 2. The minimum atomic E-state index is 0.329. The first kappa shape index (κ1) is 11.9. The maximum absolute atomic E-state index is 5.84. The summed E-state index contributed by atoms with van der Waals surface area (Å²) in [6, 6.07) is 12.1. The van der Waals surface area contributed by atoms with E-state index in [9.17, 15) is 0 Å². The largest absolute Gasteiger partial charge is 0.368 e. The van der Waals surface area contributed by atoms with Crippen molar-refractivity contribution in [1.29, 1.82) is 0 Å². The number of nitrogens with one attached hydrogen (secondary N) is 1. The zero-order valence-corrected chi connectivity index (χ0v) is 10.7. The van der Waals surface area contributed by atoms with Crippen LogP contribution >= 0.6 is 0 Å². The number of benzene rings is 1. The Kier molecular flexibility index (Phi) is 3.29. The van der Waals surface area contributed by atoms with Crippen LogP contribution in [-0.4, -0.2) is 36.1 Å². The average Bonchev–Trinajstić information content (AvgIpc) is 2.48. The van der Waals surface area contributed by atoms with Crippen molar-refractivity contribution in [1.82, 2.24) is 15.3 Å². The molecule has 5 heteroatoms. The zero-order valence-electron chi connectivity index (χ0n) is 10.7. The van der Waals surface area contributed by atoms with Crippen LogP contribution < -0.4 is 16.0 Å². The van der Waals surface area contributed by atoms with Crippen LogP contribution in [0, 0.1) is 0 Å². The van der Waals surface area contributed by atoms with Gasteiger partial charge in [0.25, 0.3) is 0 Å². The van der Waals surface area contributed by atoms with Crippen LogP contribution in [0.1, 0.15) is 0 Å². The van der Waals surface area contributed by atoms with Gasteiger partial charge in [-0.15, -0.1) is 0 Å². The first-order valence-corrected chi connectivity index (χ1v) is 6.48. The summed E-state index contributed by atoms with van der Waals surface area (Å²) in [5, 5.41) is 3.33. The van der Waals surface area contributed by atoms with Gasteiger partial charge in [0.15, 0.2) is 0 Å². The Morgan fingerprint density at radius 1 is 1.05 bits per heavy atom. The van der Waals surface area contributed by atoms with Gasteiger partial charge in [-0.05, 0) is 0 Å². The van der Waals surface area contributed by atoms with Gasteiger partial charge in [-0.1, -0.05) is 30.3 Å². The molecule has 1 aliphatic rings. The van der Waals surface area contributed by atoms with Crippen LogP contribution in [0.3, 0.4) is 0 Å². The predicted molar refractivity (Wildman–Crippen MR) is 77.0 cm³/mol. The highest BCUT2D eigenvalue weighted by molar-refractivity contribution is 5.64. The van der Waals surface area contributed by atoms with Crippen LogP contribution in [-0.2, 0) is 0 Å². The molecule has 0 saturated carbocycles. The summed E-state index contributed by atoms with van der Waals surface area (Å²) in [6.07, 6.45) is 0. The number of rotatable bonds is 2. The Balaban J connectivity index is 1.96. The third kappa shape index (κ3) is 2.66. The highest BCUT2D eigenvalue weighted by atomic mass is 15.2. The summed E-state index contributed by atoms with van der Waals surface area (Å²) in [7, 11) is 0. The van der Waals surface area contributed by atoms with E-state index in [2.05, 4.69) is 20.2 Å². The van der Waals surface area contributed by atoms with Crippen LogP contribution in [0.15, 0.2) is 36.4 Å². The van der Waals surface area contributed by atoms with Gasteiger partial charge in [0, 0.05) is 37.8 Å². The number of hydrogen-bond acceptors (Lipinski definition) is 5. The molecule has 0 bridgehead atoms. The number of hydrogen-bond donors (Lipinski definition) is 2. The average molecular weight is 255 g/mol. The lowest BCUT2D eigenvalue weighted by molar-refractivity contribution is 0.585. The van der Waals surface area contributed by atoms with E-state index in [0.29, 0.717) is 5.95 Å². The molecule has 2 aromatic rings. The number of piperazine rings is 1. The summed E-state index contributed by atoms with van der Waals surface area (Å²) in [5.74, 6) is 1.24. The van der Waals surface area contributed by atoms with E-state index in [-0.39, 0.29) is 0 Å². The summed E-state index contributed by atoms with van der Waals surface area (Å²) in [6.45, 7) is 3.85. The normalized spacial score (nSPS) is 15.5. The molecular weight excluding hydrogens is 238 g/mol. The van der Waals surface area contributed by atoms with E-state index < -0.39 is 0 Å².